The van der Waals surface area contributed by atoms with E-state index in [4.69, 9.17) is 4.74 Å². The van der Waals surface area contributed by atoms with Gasteiger partial charge in [-0.05, 0) is 25.3 Å². The molecule has 2 aliphatic rings. The molecule has 28 heavy (non-hydrogen) atoms. The van der Waals surface area contributed by atoms with E-state index < -0.39 is 0 Å². The first kappa shape index (κ1) is 19.0. The summed E-state index contributed by atoms with van der Waals surface area (Å²) in [6.45, 7) is 6.75. The summed E-state index contributed by atoms with van der Waals surface area (Å²) >= 11 is 0. The predicted molar refractivity (Wildman–Crippen MR) is 106 cm³/mol. The highest BCUT2D eigenvalue weighted by Gasteiger charge is 2.40. The lowest BCUT2D eigenvalue weighted by Crippen LogP contribution is -2.47. The van der Waals surface area contributed by atoms with E-state index in [0.29, 0.717) is 26.1 Å². The molecule has 4 rings (SSSR count). The van der Waals surface area contributed by atoms with Gasteiger partial charge in [-0.1, -0.05) is 29.8 Å². The Hall–Kier alpha value is -2.31. The van der Waals surface area contributed by atoms with Gasteiger partial charge in [0.2, 0.25) is 5.91 Å². The minimum absolute atomic E-state index is 0.212. The maximum Gasteiger partial charge on any atom is 0.225 e. The number of aromatic nitrogens is 2. The first-order chi connectivity index (χ1) is 13.6. The fourth-order valence-corrected chi connectivity index (χ4v) is 4.24. The number of carbonyl (C=O) groups excluding carboxylic acids is 1. The normalized spacial score (nSPS) is 20.3. The van der Waals surface area contributed by atoms with Crippen LogP contribution in [0.3, 0.4) is 0 Å². The molecule has 2 fully saturated rings. The number of benzene rings is 1. The van der Waals surface area contributed by atoms with Crippen LogP contribution in [0, 0.1) is 6.92 Å². The van der Waals surface area contributed by atoms with Gasteiger partial charge in [0.05, 0.1) is 18.6 Å². The quantitative estimate of drug-likeness (QED) is 0.816. The molecule has 0 unspecified atom stereocenters. The number of ether oxygens (including phenoxy) is 1. The van der Waals surface area contributed by atoms with Crippen LogP contribution in [0.25, 0.3) is 0 Å². The van der Waals surface area contributed by atoms with Crippen molar-refractivity contribution in [2.45, 2.75) is 44.9 Å². The minimum Gasteiger partial charge on any atom is -0.373 e. The molecule has 1 amide bonds. The number of hydrogen-bond donors (Lipinski definition) is 0. The van der Waals surface area contributed by atoms with Crippen molar-refractivity contribution in [3.05, 3.63) is 59.7 Å². The van der Waals surface area contributed by atoms with E-state index in [2.05, 4.69) is 46.1 Å². The first-order valence-electron chi connectivity index (χ1n) is 10.1. The van der Waals surface area contributed by atoms with E-state index in [1.807, 2.05) is 17.3 Å². The molecule has 3 heterocycles. The van der Waals surface area contributed by atoms with Crippen LogP contribution in [-0.2, 0) is 22.6 Å². The Morgan fingerprint density at radius 1 is 1.07 bits per heavy atom. The molecule has 0 aliphatic carbocycles. The standard InChI is InChI=1S/C22H28N4O2/c1-18-3-2-4-19(11-18)16-26-9-10-28-22(12-21(26)27)5-7-25(8-6-22)15-20-13-23-17-24-14-20/h2-4,11,13-14,17H,5-10,12,15-16H2,1H3. The number of likely N-dealkylation sites (tertiary alicyclic amines) is 1. The molecule has 0 radical (unpaired) electrons. The minimum atomic E-state index is -0.303. The molecule has 0 N–H and O–H groups in total. The molecule has 6 nitrogen and oxygen atoms in total. The van der Waals surface area contributed by atoms with Crippen molar-refractivity contribution in [2.75, 3.05) is 26.2 Å². The summed E-state index contributed by atoms with van der Waals surface area (Å²) in [7, 11) is 0. The van der Waals surface area contributed by atoms with Crippen LogP contribution < -0.4 is 0 Å². The van der Waals surface area contributed by atoms with Gasteiger partial charge in [-0.25, -0.2) is 9.97 Å². The number of nitrogens with zero attached hydrogens (tertiary/aromatic N) is 4. The Labute approximate surface area is 166 Å². The molecule has 2 aromatic rings. The molecule has 0 bridgehead atoms. The van der Waals surface area contributed by atoms with Gasteiger partial charge in [-0.15, -0.1) is 0 Å². The summed E-state index contributed by atoms with van der Waals surface area (Å²) in [6, 6.07) is 8.38. The second kappa shape index (κ2) is 8.37. The lowest BCUT2D eigenvalue weighted by molar-refractivity contribution is -0.136. The van der Waals surface area contributed by atoms with E-state index in [-0.39, 0.29) is 11.5 Å². The van der Waals surface area contributed by atoms with Crippen molar-refractivity contribution in [3.63, 3.8) is 0 Å². The van der Waals surface area contributed by atoms with Crippen LogP contribution in [0.1, 0.15) is 36.0 Å². The van der Waals surface area contributed by atoms with Gasteiger partial charge in [0, 0.05) is 50.7 Å². The van der Waals surface area contributed by atoms with Crippen molar-refractivity contribution in [3.8, 4) is 0 Å². The summed E-state index contributed by atoms with van der Waals surface area (Å²) in [5, 5.41) is 0. The van der Waals surface area contributed by atoms with Gasteiger partial charge in [-0.2, -0.15) is 0 Å². The van der Waals surface area contributed by atoms with E-state index in [1.54, 1.807) is 6.33 Å². The highest BCUT2D eigenvalue weighted by molar-refractivity contribution is 5.77. The first-order valence-corrected chi connectivity index (χ1v) is 10.1. The van der Waals surface area contributed by atoms with Crippen molar-refractivity contribution in [2.24, 2.45) is 0 Å². The molecule has 148 valence electrons. The Morgan fingerprint density at radius 2 is 1.86 bits per heavy atom. The van der Waals surface area contributed by atoms with E-state index in [1.165, 1.54) is 11.1 Å². The largest absolute Gasteiger partial charge is 0.373 e. The zero-order chi connectivity index (χ0) is 19.4. The third-order valence-electron chi connectivity index (χ3n) is 5.84. The van der Waals surface area contributed by atoms with Crippen molar-refractivity contribution in [1.82, 2.24) is 19.8 Å². The van der Waals surface area contributed by atoms with Gasteiger partial charge < -0.3 is 9.64 Å². The van der Waals surface area contributed by atoms with Crippen LogP contribution in [0.4, 0.5) is 0 Å². The summed E-state index contributed by atoms with van der Waals surface area (Å²) in [4.78, 5) is 25.5. The zero-order valence-corrected chi connectivity index (χ0v) is 16.5. The summed E-state index contributed by atoms with van der Waals surface area (Å²) in [5.74, 6) is 0.212. The fraction of sp³-hybridized carbons (Fsp3) is 0.500. The molecule has 6 heteroatoms. The fourth-order valence-electron chi connectivity index (χ4n) is 4.24. The Kier molecular flexibility index (Phi) is 5.69. The van der Waals surface area contributed by atoms with Gasteiger partial charge in [-0.3, -0.25) is 9.69 Å². The summed E-state index contributed by atoms with van der Waals surface area (Å²) in [6.07, 6.45) is 7.57. The molecule has 1 spiro atoms. The Bertz CT molecular complexity index is 803. The molecular formula is C22H28N4O2. The van der Waals surface area contributed by atoms with Gasteiger partial charge in [0.1, 0.15) is 6.33 Å². The molecule has 1 aromatic heterocycles. The van der Waals surface area contributed by atoms with E-state index in [9.17, 15) is 4.79 Å². The molecule has 0 atom stereocenters. The SMILES string of the molecule is Cc1cccc(CN2CCOC3(CCN(Cc4cncnc4)CC3)CC2=O)c1. The van der Waals surface area contributed by atoms with Gasteiger partial charge in [0.15, 0.2) is 0 Å². The molecule has 0 saturated carbocycles. The topological polar surface area (TPSA) is 58.6 Å². The van der Waals surface area contributed by atoms with Crippen LogP contribution >= 0.6 is 0 Å². The molecule has 2 saturated heterocycles. The molecular weight excluding hydrogens is 352 g/mol. The number of piperidine rings is 1. The number of amides is 1. The Morgan fingerprint density at radius 3 is 2.61 bits per heavy atom. The highest BCUT2D eigenvalue weighted by Crippen LogP contribution is 2.33. The number of aryl methyl sites for hydroxylation is 1. The third kappa shape index (κ3) is 4.56. The predicted octanol–water partition coefficient (Wildman–Crippen LogP) is 2.57. The monoisotopic (exact) mass is 380 g/mol. The third-order valence-corrected chi connectivity index (χ3v) is 5.84. The van der Waals surface area contributed by atoms with E-state index in [0.717, 1.165) is 38.0 Å². The number of hydrogen-bond acceptors (Lipinski definition) is 5. The van der Waals surface area contributed by atoms with Crippen LogP contribution in [0.5, 0.6) is 0 Å². The zero-order valence-electron chi connectivity index (χ0n) is 16.5. The van der Waals surface area contributed by atoms with Crippen molar-refractivity contribution < 1.29 is 9.53 Å². The smallest absolute Gasteiger partial charge is 0.225 e. The highest BCUT2D eigenvalue weighted by atomic mass is 16.5. The van der Waals surface area contributed by atoms with Crippen molar-refractivity contribution in [1.29, 1.82) is 0 Å². The second-order valence-corrected chi connectivity index (χ2v) is 8.04. The summed E-state index contributed by atoms with van der Waals surface area (Å²) < 4.78 is 6.28. The van der Waals surface area contributed by atoms with Crippen LogP contribution in [0.2, 0.25) is 0 Å². The lowest BCUT2D eigenvalue weighted by Gasteiger charge is -2.40. The number of rotatable bonds is 4. The maximum absolute atomic E-state index is 13.0. The molecule has 2 aliphatic heterocycles. The summed E-state index contributed by atoms with van der Waals surface area (Å²) in [5.41, 5.74) is 3.23. The maximum atomic E-state index is 13.0. The van der Waals surface area contributed by atoms with E-state index >= 15 is 0 Å². The van der Waals surface area contributed by atoms with Crippen molar-refractivity contribution >= 4 is 5.91 Å². The average Bonchev–Trinajstić information content (AvgIpc) is 2.84. The lowest BCUT2D eigenvalue weighted by atomic mass is 9.87. The van der Waals surface area contributed by atoms with Gasteiger partial charge >= 0.3 is 0 Å². The number of carbonyl (C=O) groups is 1. The Balaban J connectivity index is 1.35. The van der Waals surface area contributed by atoms with Crippen LogP contribution in [0.15, 0.2) is 43.0 Å². The average molecular weight is 380 g/mol. The van der Waals surface area contributed by atoms with Crippen LogP contribution in [-0.4, -0.2) is 57.5 Å². The second-order valence-electron chi connectivity index (χ2n) is 8.04. The molecule has 1 aromatic carbocycles. The van der Waals surface area contributed by atoms with Gasteiger partial charge in [0.25, 0.3) is 0 Å².